The van der Waals surface area contributed by atoms with Crippen LogP contribution in [0.1, 0.15) is 31.7 Å². The maximum absolute atomic E-state index is 13.0. The standard InChI is InChI=1S/C25H31N3O5S/c1-18-11-13-27(14-12-18)34(31,32)22-9-7-21(8-10-22)28-17-20(15-24(28)29)25(30)26-16-19-5-3-4-6-23(19)33-2/h3-10,18,20H,11-17H2,1-2H3,(H,26,30)/t20-/m0/s1. The maximum atomic E-state index is 13.0. The molecule has 4 rings (SSSR count). The van der Waals surface area contributed by atoms with E-state index in [1.54, 1.807) is 36.3 Å². The quantitative estimate of drug-likeness (QED) is 0.651. The summed E-state index contributed by atoms with van der Waals surface area (Å²) in [5.74, 6) is 0.412. The Morgan fingerprint density at radius 3 is 2.44 bits per heavy atom. The molecule has 0 unspecified atom stereocenters. The van der Waals surface area contributed by atoms with E-state index in [0.29, 0.717) is 37.0 Å². The monoisotopic (exact) mass is 485 g/mol. The Labute approximate surface area is 200 Å². The minimum atomic E-state index is -3.55. The van der Waals surface area contributed by atoms with E-state index in [0.717, 1.165) is 18.4 Å². The molecule has 0 aliphatic carbocycles. The third-order valence-electron chi connectivity index (χ3n) is 6.67. The molecule has 2 aliphatic heterocycles. The molecule has 0 radical (unpaired) electrons. The number of hydrogen-bond donors (Lipinski definition) is 1. The number of hydrogen-bond acceptors (Lipinski definition) is 5. The van der Waals surface area contributed by atoms with Crippen molar-refractivity contribution < 1.29 is 22.7 Å². The van der Waals surface area contributed by atoms with Crippen LogP contribution in [0.15, 0.2) is 53.4 Å². The van der Waals surface area contributed by atoms with Crippen molar-refractivity contribution in [3.63, 3.8) is 0 Å². The molecule has 2 aromatic rings. The van der Waals surface area contributed by atoms with Crippen molar-refractivity contribution in [1.29, 1.82) is 0 Å². The molecule has 2 fully saturated rings. The smallest absolute Gasteiger partial charge is 0.243 e. The molecule has 0 saturated carbocycles. The summed E-state index contributed by atoms with van der Waals surface area (Å²) in [4.78, 5) is 27.1. The molecule has 1 atom stereocenters. The molecule has 0 bridgehead atoms. The van der Waals surface area contributed by atoms with Crippen molar-refractivity contribution in [3.05, 3.63) is 54.1 Å². The average Bonchev–Trinajstić information content (AvgIpc) is 3.24. The van der Waals surface area contributed by atoms with E-state index in [1.165, 1.54) is 4.31 Å². The molecule has 0 spiro atoms. The summed E-state index contributed by atoms with van der Waals surface area (Å²) in [7, 11) is -1.97. The number of nitrogens with zero attached hydrogens (tertiary/aromatic N) is 2. The number of para-hydroxylation sites is 1. The molecule has 2 amide bonds. The van der Waals surface area contributed by atoms with Gasteiger partial charge in [-0.1, -0.05) is 25.1 Å². The van der Waals surface area contributed by atoms with Crippen LogP contribution in [0.4, 0.5) is 5.69 Å². The minimum Gasteiger partial charge on any atom is -0.496 e. The molecule has 2 aromatic carbocycles. The predicted octanol–water partition coefficient (Wildman–Crippen LogP) is 2.79. The number of benzene rings is 2. The van der Waals surface area contributed by atoms with Gasteiger partial charge in [0, 0.05) is 43.9 Å². The second kappa shape index (κ2) is 10.1. The average molecular weight is 486 g/mol. The third-order valence-corrected chi connectivity index (χ3v) is 8.58. The normalized spacial score (nSPS) is 19.9. The summed E-state index contributed by atoms with van der Waals surface area (Å²) in [6, 6.07) is 13.8. The predicted molar refractivity (Wildman–Crippen MR) is 129 cm³/mol. The fourth-order valence-electron chi connectivity index (χ4n) is 4.48. The van der Waals surface area contributed by atoms with Gasteiger partial charge in [0.25, 0.3) is 0 Å². The second-order valence-corrected chi connectivity index (χ2v) is 11.0. The van der Waals surface area contributed by atoms with Crippen molar-refractivity contribution >= 4 is 27.5 Å². The zero-order valence-corrected chi connectivity index (χ0v) is 20.4. The van der Waals surface area contributed by atoms with E-state index in [4.69, 9.17) is 4.74 Å². The molecule has 0 aromatic heterocycles. The Morgan fingerprint density at radius 1 is 1.09 bits per heavy atom. The SMILES string of the molecule is COc1ccccc1CNC(=O)[C@H]1CC(=O)N(c2ccc(S(=O)(=O)N3CCC(C)CC3)cc2)C1. The van der Waals surface area contributed by atoms with Crippen molar-refractivity contribution in [2.75, 3.05) is 31.6 Å². The summed E-state index contributed by atoms with van der Waals surface area (Å²) in [6.45, 7) is 3.77. The van der Waals surface area contributed by atoms with Gasteiger partial charge >= 0.3 is 0 Å². The maximum Gasteiger partial charge on any atom is 0.243 e. The molecule has 2 heterocycles. The van der Waals surface area contributed by atoms with Crippen molar-refractivity contribution in [1.82, 2.24) is 9.62 Å². The topological polar surface area (TPSA) is 96.0 Å². The summed E-state index contributed by atoms with van der Waals surface area (Å²) in [5, 5.41) is 2.89. The molecular weight excluding hydrogens is 454 g/mol. The van der Waals surface area contributed by atoms with Crippen LogP contribution >= 0.6 is 0 Å². The highest BCUT2D eigenvalue weighted by atomic mass is 32.2. The number of anilines is 1. The lowest BCUT2D eigenvalue weighted by Gasteiger charge is -2.29. The number of carbonyl (C=O) groups excluding carboxylic acids is 2. The fourth-order valence-corrected chi connectivity index (χ4v) is 5.95. The van der Waals surface area contributed by atoms with E-state index in [-0.39, 0.29) is 29.7 Å². The van der Waals surface area contributed by atoms with E-state index < -0.39 is 15.9 Å². The highest BCUT2D eigenvalue weighted by Gasteiger charge is 2.35. The van der Waals surface area contributed by atoms with Crippen molar-refractivity contribution in [3.8, 4) is 5.75 Å². The molecule has 182 valence electrons. The summed E-state index contributed by atoms with van der Waals surface area (Å²) in [5.41, 5.74) is 1.45. The first-order valence-electron chi connectivity index (χ1n) is 11.6. The fraction of sp³-hybridized carbons (Fsp3) is 0.440. The van der Waals surface area contributed by atoms with Gasteiger partial charge in [-0.2, -0.15) is 4.31 Å². The molecule has 8 nitrogen and oxygen atoms in total. The van der Waals surface area contributed by atoms with Gasteiger partial charge in [0.05, 0.1) is 17.9 Å². The molecule has 9 heteroatoms. The van der Waals surface area contributed by atoms with Crippen molar-refractivity contribution in [2.45, 2.75) is 37.6 Å². The van der Waals surface area contributed by atoms with E-state index in [2.05, 4.69) is 12.2 Å². The lowest BCUT2D eigenvalue weighted by molar-refractivity contribution is -0.126. The van der Waals surface area contributed by atoms with Gasteiger partial charge in [-0.25, -0.2) is 8.42 Å². The summed E-state index contributed by atoms with van der Waals surface area (Å²) < 4.78 is 32.7. The van der Waals surface area contributed by atoms with E-state index >= 15 is 0 Å². The van der Waals surface area contributed by atoms with Gasteiger partial charge < -0.3 is 15.0 Å². The first-order valence-corrected chi connectivity index (χ1v) is 13.0. The molecule has 34 heavy (non-hydrogen) atoms. The molecule has 1 N–H and O–H groups in total. The first-order chi connectivity index (χ1) is 16.3. The first kappa shape index (κ1) is 24.2. The van der Waals surface area contributed by atoms with Crippen LogP contribution in [0.2, 0.25) is 0 Å². The number of carbonyl (C=O) groups is 2. The summed E-state index contributed by atoms with van der Waals surface area (Å²) >= 11 is 0. The highest BCUT2D eigenvalue weighted by Crippen LogP contribution is 2.29. The van der Waals surface area contributed by atoms with Crippen LogP contribution in [0.25, 0.3) is 0 Å². The lowest BCUT2D eigenvalue weighted by Crippen LogP contribution is -2.37. The Hall–Kier alpha value is -2.91. The molecular formula is C25H31N3O5S. The number of methoxy groups -OCH3 is 1. The Morgan fingerprint density at radius 2 is 1.76 bits per heavy atom. The largest absolute Gasteiger partial charge is 0.496 e. The Kier molecular flexibility index (Phi) is 7.23. The van der Waals surface area contributed by atoms with Gasteiger partial charge in [-0.3, -0.25) is 9.59 Å². The molecule has 2 aliphatic rings. The zero-order chi connectivity index (χ0) is 24.3. The molecule has 2 saturated heterocycles. The number of nitrogens with one attached hydrogen (secondary N) is 1. The van der Waals surface area contributed by atoms with Crippen LogP contribution < -0.4 is 15.0 Å². The van der Waals surface area contributed by atoms with Gasteiger partial charge in [-0.05, 0) is 49.1 Å². The van der Waals surface area contributed by atoms with Crippen LogP contribution in [0, 0.1) is 11.8 Å². The third kappa shape index (κ3) is 5.10. The zero-order valence-electron chi connectivity index (χ0n) is 19.6. The number of sulfonamides is 1. The van der Waals surface area contributed by atoms with Gasteiger partial charge in [0.2, 0.25) is 21.8 Å². The van der Waals surface area contributed by atoms with Gasteiger partial charge in [0.15, 0.2) is 0 Å². The van der Waals surface area contributed by atoms with E-state index in [9.17, 15) is 18.0 Å². The lowest BCUT2D eigenvalue weighted by atomic mass is 10.0. The number of rotatable bonds is 7. The number of piperidine rings is 1. The van der Waals surface area contributed by atoms with Crippen molar-refractivity contribution in [2.24, 2.45) is 11.8 Å². The Bertz CT molecular complexity index is 1140. The van der Waals surface area contributed by atoms with Crippen LogP contribution in [-0.4, -0.2) is 51.3 Å². The summed E-state index contributed by atoms with van der Waals surface area (Å²) in [6.07, 6.45) is 1.84. The number of ether oxygens (including phenoxy) is 1. The Balaban J connectivity index is 1.38. The van der Waals surface area contributed by atoms with Crippen LogP contribution in [0.3, 0.4) is 0 Å². The second-order valence-electron chi connectivity index (χ2n) is 9.02. The van der Waals surface area contributed by atoms with Crippen LogP contribution in [0.5, 0.6) is 5.75 Å². The van der Waals surface area contributed by atoms with Crippen LogP contribution in [-0.2, 0) is 26.2 Å². The number of amides is 2. The minimum absolute atomic E-state index is 0.115. The van der Waals surface area contributed by atoms with E-state index in [1.807, 2.05) is 24.3 Å². The van der Waals surface area contributed by atoms with Gasteiger partial charge in [0.1, 0.15) is 5.75 Å². The van der Waals surface area contributed by atoms with Gasteiger partial charge in [-0.15, -0.1) is 0 Å². The highest BCUT2D eigenvalue weighted by molar-refractivity contribution is 7.89.